The minimum Gasteiger partial charge on any atom is -0.0882 e. The Morgan fingerprint density at radius 1 is 0.462 bits per heavy atom. The van der Waals surface area contributed by atoms with Crippen molar-refractivity contribution in [2.75, 3.05) is 0 Å². The summed E-state index contributed by atoms with van der Waals surface area (Å²) < 4.78 is 0. The molecular formula is C13H17. The van der Waals surface area contributed by atoms with Crippen molar-refractivity contribution in [3.8, 4) is 0 Å². The van der Waals surface area contributed by atoms with E-state index in [0.29, 0.717) is 0 Å². The zero-order valence-electron chi connectivity index (χ0n) is 8.02. The quantitative estimate of drug-likeness (QED) is 0.486. The van der Waals surface area contributed by atoms with Gasteiger partial charge in [0.1, 0.15) is 0 Å². The van der Waals surface area contributed by atoms with Crippen LogP contribution in [0.15, 0.2) is 48.6 Å². The van der Waals surface area contributed by atoms with E-state index in [-0.39, 0.29) is 0 Å². The first-order valence-corrected chi connectivity index (χ1v) is 4.97. The van der Waals surface area contributed by atoms with Crippen molar-refractivity contribution in [2.45, 2.75) is 25.7 Å². The van der Waals surface area contributed by atoms with Crippen LogP contribution < -0.4 is 0 Å². The summed E-state index contributed by atoms with van der Waals surface area (Å²) in [4.78, 5) is 0. The van der Waals surface area contributed by atoms with Crippen molar-refractivity contribution in [2.24, 2.45) is 0 Å². The van der Waals surface area contributed by atoms with Crippen molar-refractivity contribution < 1.29 is 0 Å². The van der Waals surface area contributed by atoms with Gasteiger partial charge in [0.25, 0.3) is 0 Å². The molecule has 0 nitrogen and oxygen atoms in total. The zero-order valence-corrected chi connectivity index (χ0v) is 8.02. The molecule has 0 aromatic rings. The Hall–Kier alpha value is -1.04. The molecule has 0 unspecified atom stereocenters. The van der Waals surface area contributed by atoms with Gasteiger partial charge in [0.15, 0.2) is 0 Å². The Labute approximate surface area is 81.4 Å². The molecule has 1 rings (SSSR count). The van der Waals surface area contributed by atoms with E-state index >= 15 is 0 Å². The first kappa shape index (κ1) is 10.0. The number of allylic oxidation sites excluding steroid dienone is 8. The molecule has 0 spiro atoms. The Balaban J connectivity index is 2.38. The van der Waals surface area contributed by atoms with Gasteiger partial charge in [0, 0.05) is 6.42 Å². The monoisotopic (exact) mass is 173 g/mol. The van der Waals surface area contributed by atoms with Crippen LogP contribution in [-0.4, -0.2) is 0 Å². The van der Waals surface area contributed by atoms with Gasteiger partial charge >= 0.3 is 0 Å². The van der Waals surface area contributed by atoms with Gasteiger partial charge in [-0.15, -0.1) is 0 Å². The molecular weight excluding hydrogens is 156 g/mol. The maximum Gasteiger partial charge on any atom is 0.00473 e. The molecule has 0 amide bonds. The third-order valence-corrected chi connectivity index (χ3v) is 1.88. The molecule has 0 N–H and O–H groups in total. The van der Waals surface area contributed by atoms with E-state index < -0.39 is 0 Å². The van der Waals surface area contributed by atoms with Crippen LogP contribution in [0.4, 0.5) is 0 Å². The molecule has 0 heteroatoms. The molecule has 1 aliphatic carbocycles. The second kappa shape index (κ2) is 7.60. The highest BCUT2D eigenvalue weighted by Crippen LogP contribution is 1.99. The SMILES string of the molecule is [CH]1/C=C/C=C/CC/C=C/CC/C=C/1. The number of rotatable bonds is 0. The van der Waals surface area contributed by atoms with Gasteiger partial charge in [-0.1, -0.05) is 48.6 Å². The second-order valence-corrected chi connectivity index (χ2v) is 3.06. The lowest BCUT2D eigenvalue weighted by atomic mass is 10.2. The van der Waals surface area contributed by atoms with Crippen LogP contribution in [0.25, 0.3) is 0 Å². The largest absolute Gasteiger partial charge is 0.0882 e. The van der Waals surface area contributed by atoms with Crippen LogP contribution in [0.5, 0.6) is 0 Å². The van der Waals surface area contributed by atoms with Crippen LogP contribution in [-0.2, 0) is 0 Å². The molecule has 1 radical (unpaired) electrons. The molecule has 0 aromatic carbocycles. The Bertz CT molecular complexity index is 216. The predicted octanol–water partition coefficient (Wildman–Crippen LogP) is 3.99. The third-order valence-electron chi connectivity index (χ3n) is 1.88. The molecule has 0 fully saturated rings. The average molecular weight is 173 g/mol. The fourth-order valence-corrected chi connectivity index (χ4v) is 1.16. The number of hydrogen-bond donors (Lipinski definition) is 0. The summed E-state index contributed by atoms with van der Waals surface area (Å²) in [5.41, 5.74) is 0. The van der Waals surface area contributed by atoms with Crippen molar-refractivity contribution in [1.29, 1.82) is 0 Å². The van der Waals surface area contributed by atoms with Crippen molar-refractivity contribution in [3.63, 3.8) is 0 Å². The van der Waals surface area contributed by atoms with Crippen molar-refractivity contribution in [3.05, 3.63) is 55.0 Å². The Morgan fingerprint density at radius 2 is 1.08 bits per heavy atom. The Kier molecular flexibility index (Phi) is 5.87. The maximum atomic E-state index is 2.27. The standard InChI is InChI=1S/C13H17/c1-2-4-6-8-10-12-13-11-9-7-5-3-1/h1-7,12-13H,8-11H2/b2-1+,6-4+,7-5+,13-12+. The highest BCUT2D eigenvalue weighted by atomic mass is 13.9. The fourth-order valence-electron chi connectivity index (χ4n) is 1.16. The maximum absolute atomic E-state index is 2.27. The van der Waals surface area contributed by atoms with E-state index in [1.165, 1.54) is 0 Å². The predicted molar refractivity (Wildman–Crippen MR) is 59.3 cm³/mol. The first-order valence-electron chi connectivity index (χ1n) is 4.97. The van der Waals surface area contributed by atoms with Crippen LogP contribution >= 0.6 is 0 Å². The van der Waals surface area contributed by atoms with Crippen LogP contribution in [0.3, 0.4) is 0 Å². The van der Waals surface area contributed by atoms with E-state index in [0.717, 1.165) is 25.7 Å². The first-order chi connectivity index (χ1) is 6.50. The van der Waals surface area contributed by atoms with Gasteiger partial charge in [-0.25, -0.2) is 0 Å². The summed E-state index contributed by atoms with van der Waals surface area (Å²) >= 11 is 0. The average Bonchev–Trinajstić information content (AvgIpc) is 2.18. The molecule has 69 valence electrons. The Morgan fingerprint density at radius 3 is 1.85 bits per heavy atom. The molecule has 0 atom stereocenters. The summed E-state index contributed by atoms with van der Waals surface area (Å²) in [6.07, 6.45) is 24.0. The summed E-state index contributed by atoms with van der Waals surface area (Å²) in [5, 5.41) is 0. The molecule has 0 heterocycles. The topological polar surface area (TPSA) is 0 Å². The smallest absolute Gasteiger partial charge is 0.00473 e. The van der Waals surface area contributed by atoms with E-state index in [1.807, 2.05) is 0 Å². The third kappa shape index (κ3) is 6.15. The van der Waals surface area contributed by atoms with Gasteiger partial charge in [0.05, 0.1) is 0 Å². The van der Waals surface area contributed by atoms with E-state index in [1.54, 1.807) is 0 Å². The lowest BCUT2D eigenvalue weighted by Crippen LogP contribution is -1.66. The van der Waals surface area contributed by atoms with Gasteiger partial charge in [-0.05, 0) is 25.7 Å². The van der Waals surface area contributed by atoms with E-state index in [4.69, 9.17) is 0 Å². The minimum absolute atomic E-state index is 1.15. The highest BCUT2D eigenvalue weighted by Gasteiger charge is 1.79. The zero-order chi connectivity index (χ0) is 9.19. The van der Waals surface area contributed by atoms with Gasteiger partial charge in [-0.2, -0.15) is 0 Å². The molecule has 0 aromatic heterocycles. The summed E-state index contributed by atoms with van der Waals surface area (Å²) in [5.74, 6) is 0. The lowest BCUT2D eigenvalue weighted by Gasteiger charge is -1.87. The fraction of sp³-hybridized carbons (Fsp3) is 0.308. The molecule has 0 aliphatic heterocycles. The molecule has 13 heavy (non-hydrogen) atoms. The van der Waals surface area contributed by atoms with Gasteiger partial charge in [-0.3, -0.25) is 0 Å². The van der Waals surface area contributed by atoms with Crippen LogP contribution in [0.2, 0.25) is 0 Å². The van der Waals surface area contributed by atoms with Crippen molar-refractivity contribution in [1.82, 2.24) is 0 Å². The summed E-state index contributed by atoms with van der Waals surface area (Å²) in [6.45, 7) is 0. The van der Waals surface area contributed by atoms with Crippen LogP contribution in [0, 0.1) is 6.42 Å². The second-order valence-electron chi connectivity index (χ2n) is 3.06. The molecule has 0 saturated heterocycles. The van der Waals surface area contributed by atoms with E-state index in [9.17, 15) is 0 Å². The normalized spacial score (nSPS) is 28.9. The van der Waals surface area contributed by atoms with Crippen molar-refractivity contribution >= 4 is 0 Å². The van der Waals surface area contributed by atoms with Gasteiger partial charge in [0.2, 0.25) is 0 Å². The van der Waals surface area contributed by atoms with E-state index in [2.05, 4.69) is 55.0 Å². The summed E-state index contributed by atoms with van der Waals surface area (Å²) in [7, 11) is 0. The number of hydrogen-bond acceptors (Lipinski definition) is 0. The lowest BCUT2D eigenvalue weighted by molar-refractivity contribution is 1.00. The molecule has 0 saturated carbocycles. The molecule has 1 aliphatic rings. The van der Waals surface area contributed by atoms with Gasteiger partial charge < -0.3 is 0 Å². The molecule has 0 bridgehead atoms. The summed E-state index contributed by atoms with van der Waals surface area (Å²) in [6, 6.07) is 0. The minimum atomic E-state index is 1.15. The van der Waals surface area contributed by atoms with Crippen LogP contribution in [0.1, 0.15) is 25.7 Å². The highest BCUT2D eigenvalue weighted by molar-refractivity contribution is 5.14.